The van der Waals surface area contributed by atoms with Crippen LogP contribution in [-0.4, -0.2) is 49.6 Å². The van der Waals surface area contributed by atoms with Gasteiger partial charge >= 0.3 is 5.97 Å². The Morgan fingerprint density at radius 1 is 1.19 bits per heavy atom. The van der Waals surface area contributed by atoms with Crippen LogP contribution in [0.15, 0.2) is 29.2 Å². The molecule has 1 amide bonds. The van der Waals surface area contributed by atoms with Crippen LogP contribution >= 0.6 is 0 Å². The summed E-state index contributed by atoms with van der Waals surface area (Å²) in [6.07, 6.45) is 0.0124. The summed E-state index contributed by atoms with van der Waals surface area (Å²) in [4.78, 5) is 23.9. The van der Waals surface area contributed by atoms with Gasteiger partial charge in [-0.15, -0.1) is 0 Å². The van der Waals surface area contributed by atoms with E-state index >= 15 is 0 Å². The second-order valence-corrected chi connectivity index (χ2v) is 6.96. The van der Waals surface area contributed by atoms with Gasteiger partial charge in [0.1, 0.15) is 0 Å². The molecule has 0 fully saturated rings. The Morgan fingerprint density at radius 2 is 1.76 bits per heavy atom. The van der Waals surface area contributed by atoms with Crippen molar-refractivity contribution in [2.75, 3.05) is 19.3 Å². The van der Waals surface area contributed by atoms with Gasteiger partial charge in [-0.25, -0.2) is 8.42 Å². The Morgan fingerprint density at radius 3 is 2.24 bits per heavy atom. The largest absolute Gasteiger partial charge is 0.481 e. The first kappa shape index (κ1) is 17.2. The number of amides is 1. The van der Waals surface area contributed by atoms with E-state index in [0.29, 0.717) is 5.56 Å². The lowest BCUT2D eigenvalue weighted by Gasteiger charge is -2.16. The number of aliphatic carboxylic acids is 1. The Kier molecular flexibility index (Phi) is 5.90. The van der Waals surface area contributed by atoms with E-state index in [1.807, 2.05) is 0 Å². The molecule has 1 aromatic carbocycles. The van der Waals surface area contributed by atoms with Crippen molar-refractivity contribution >= 4 is 21.7 Å². The first-order valence-corrected chi connectivity index (χ1v) is 8.19. The summed E-state index contributed by atoms with van der Waals surface area (Å²) in [6, 6.07) is 6.17. The molecule has 6 nitrogen and oxygen atoms in total. The molecule has 7 heteroatoms. The number of nitrogens with zero attached hydrogens (tertiary/aromatic N) is 1. The van der Waals surface area contributed by atoms with Gasteiger partial charge in [-0.3, -0.25) is 9.59 Å². The number of benzene rings is 1. The summed E-state index contributed by atoms with van der Waals surface area (Å²) in [5.41, 5.74) is 0.692. The molecular weight excluding hydrogens is 294 g/mol. The third-order valence-corrected chi connectivity index (χ3v) is 4.86. The minimum atomic E-state index is -3.24. The lowest BCUT2D eigenvalue weighted by atomic mass is 10.1. The SMILES string of the molecule is CCS(=O)(=O)c1ccc(CC(=O)N(C)CCC(=O)O)cc1. The average Bonchev–Trinajstić information content (AvgIpc) is 2.45. The van der Waals surface area contributed by atoms with Gasteiger partial charge in [-0.1, -0.05) is 19.1 Å². The molecule has 116 valence electrons. The molecule has 0 saturated carbocycles. The molecular formula is C14H19NO5S. The van der Waals surface area contributed by atoms with Gasteiger partial charge in [0.2, 0.25) is 5.91 Å². The first-order valence-electron chi connectivity index (χ1n) is 6.53. The second kappa shape index (κ2) is 7.21. The zero-order valence-corrected chi connectivity index (χ0v) is 12.9. The Labute approximate surface area is 124 Å². The van der Waals surface area contributed by atoms with Crippen LogP contribution in [0.25, 0.3) is 0 Å². The van der Waals surface area contributed by atoms with Crippen LogP contribution in [0.2, 0.25) is 0 Å². The molecule has 1 rings (SSSR count). The summed E-state index contributed by atoms with van der Waals surface area (Å²) >= 11 is 0. The Bertz CT molecular complexity index is 607. The number of hydrogen-bond donors (Lipinski definition) is 1. The van der Waals surface area contributed by atoms with Gasteiger partial charge in [0.05, 0.1) is 23.5 Å². The summed E-state index contributed by atoms with van der Waals surface area (Å²) in [6.45, 7) is 1.72. The van der Waals surface area contributed by atoms with E-state index in [1.165, 1.54) is 17.0 Å². The number of likely N-dealkylation sites (N-methyl/N-ethyl adjacent to an activating group) is 1. The maximum absolute atomic E-state index is 11.9. The van der Waals surface area contributed by atoms with Crippen molar-refractivity contribution in [2.24, 2.45) is 0 Å². The summed E-state index contributed by atoms with van der Waals surface area (Å²) in [7, 11) is -1.70. The van der Waals surface area contributed by atoms with E-state index in [4.69, 9.17) is 5.11 Å². The quantitative estimate of drug-likeness (QED) is 0.809. The highest BCUT2D eigenvalue weighted by molar-refractivity contribution is 7.91. The van der Waals surface area contributed by atoms with Crippen LogP contribution in [0.3, 0.4) is 0 Å². The maximum Gasteiger partial charge on any atom is 0.305 e. The monoisotopic (exact) mass is 313 g/mol. The Hall–Kier alpha value is -1.89. The highest BCUT2D eigenvalue weighted by Crippen LogP contribution is 2.13. The van der Waals surface area contributed by atoms with Gasteiger partial charge in [0, 0.05) is 13.6 Å². The standard InChI is InChI=1S/C14H19NO5S/c1-3-21(19,20)12-6-4-11(5-7-12)10-13(16)15(2)9-8-14(17)18/h4-7H,3,8-10H2,1-2H3,(H,17,18). The predicted molar refractivity (Wildman–Crippen MR) is 77.8 cm³/mol. The van der Waals surface area contributed by atoms with Crippen LogP contribution < -0.4 is 0 Å². The number of sulfone groups is 1. The number of carboxylic acids is 1. The molecule has 0 spiro atoms. The fraction of sp³-hybridized carbons (Fsp3) is 0.429. The van der Waals surface area contributed by atoms with E-state index in [1.54, 1.807) is 26.1 Å². The number of hydrogen-bond acceptors (Lipinski definition) is 4. The normalized spacial score (nSPS) is 11.1. The first-order chi connectivity index (χ1) is 9.76. The van der Waals surface area contributed by atoms with Gasteiger partial charge in [0.25, 0.3) is 0 Å². The fourth-order valence-corrected chi connectivity index (χ4v) is 2.56. The molecule has 0 aromatic heterocycles. The molecule has 0 saturated heterocycles. The van der Waals surface area contributed by atoms with Crippen molar-refractivity contribution in [3.8, 4) is 0 Å². The molecule has 0 aliphatic heterocycles. The van der Waals surface area contributed by atoms with E-state index in [2.05, 4.69) is 0 Å². The van der Waals surface area contributed by atoms with Crippen molar-refractivity contribution in [3.05, 3.63) is 29.8 Å². The summed E-state index contributed by atoms with van der Waals surface area (Å²) in [5, 5.41) is 8.57. The van der Waals surface area contributed by atoms with Crippen LogP contribution in [-0.2, 0) is 25.8 Å². The van der Waals surface area contributed by atoms with Crippen LogP contribution in [0.4, 0.5) is 0 Å². The van der Waals surface area contributed by atoms with Crippen LogP contribution in [0.1, 0.15) is 18.9 Å². The van der Waals surface area contributed by atoms with Crippen LogP contribution in [0, 0.1) is 0 Å². The number of carbonyl (C=O) groups excluding carboxylic acids is 1. The molecule has 0 heterocycles. The summed E-state index contributed by atoms with van der Waals surface area (Å²) < 4.78 is 23.3. The van der Waals surface area contributed by atoms with Crippen molar-refractivity contribution in [1.82, 2.24) is 4.90 Å². The highest BCUT2D eigenvalue weighted by Gasteiger charge is 2.13. The van der Waals surface area contributed by atoms with E-state index in [-0.39, 0.29) is 35.9 Å². The minimum Gasteiger partial charge on any atom is -0.481 e. The second-order valence-electron chi connectivity index (χ2n) is 4.68. The molecule has 0 atom stereocenters. The van der Waals surface area contributed by atoms with Gasteiger partial charge in [-0.2, -0.15) is 0 Å². The number of carbonyl (C=O) groups is 2. The molecule has 0 bridgehead atoms. The van der Waals surface area contributed by atoms with E-state index in [0.717, 1.165) is 0 Å². The zero-order valence-electron chi connectivity index (χ0n) is 12.1. The Balaban J connectivity index is 2.67. The molecule has 0 aliphatic rings. The molecule has 0 unspecified atom stereocenters. The predicted octanol–water partition coefficient (Wildman–Crippen LogP) is 0.956. The van der Waals surface area contributed by atoms with Gasteiger partial charge in [-0.05, 0) is 17.7 Å². The van der Waals surface area contributed by atoms with Gasteiger partial charge < -0.3 is 10.0 Å². The fourth-order valence-electron chi connectivity index (χ4n) is 1.68. The summed E-state index contributed by atoms with van der Waals surface area (Å²) in [5.74, 6) is -1.13. The smallest absolute Gasteiger partial charge is 0.305 e. The molecule has 0 aliphatic carbocycles. The van der Waals surface area contributed by atoms with Crippen molar-refractivity contribution in [2.45, 2.75) is 24.7 Å². The lowest BCUT2D eigenvalue weighted by molar-refractivity contribution is -0.138. The van der Waals surface area contributed by atoms with Gasteiger partial charge in [0.15, 0.2) is 9.84 Å². The third kappa shape index (κ3) is 5.18. The molecule has 1 aromatic rings. The molecule has 1 N–H and O–H groups in total. The van der Waals surface area contributed by atoms with E-state index in [9.17, 15) is 18.0 Å². The molecule has 0 radical (unpaired) electrons. The highest BCUT2D eigenvalue weighted by atomic mass is 32.2. The molecule has 21 heavy (non-hydrogen) atoms. The average molecular weight is 313 g/mol. The maximum atomic E-state index is 11.9. The third-order valence-electron chi connectivity index (χ3n) is 3.10. The van der Waals surface area contributed by atoms with Crippen LogP contribution in [0.5, 0.6) is 0 Å². The number of carboxylic acid groups (broad SMARTS) is 1. The lowest BCUT2D eigenvalue weighted by Crippen LogP contribution is -2.30. The minimum absolute atomic E-state index is 0.0310. The van der Waals surface area contributed by atoms with Crippen molar-refractivity contribution < 1.29 is 23.1 Å². The topological polar surface area (TPSA) is 91.8 Å². The van der Waals surface area contributed by atoms with E-state index < -0.39 is 15.8 Å². The van der Waals surface area contributed by atoms with Crippen molar-refractivity contribution in [3.63, 3.8) is 0 Å². The number of rotatable bonds is 7. The van der Waals surface area contributed by atoms with Crippen molar-refractivity contribution in [1.29, 1.82) is 0 Å². The zero-order chi connectivity index (χ0) is 16.0.